The first kappa shape index (κ1) is 24.1. The highest BCUT2D eigenvalue weighted by Crippen LogP contribution is 2.49. The Morgan fingerprint density at radius 3 is 1.87 bits per heavy atom. The fourth-order valence-corrected chi connectivity index (χ4v) is 10.3. The Labute approximate surface area is 265 Å². The van der Waals surface area contributed by atoms with Crippen LogP contribution in [0.15, 0.2) is 140 Å². The lowest BCUT2D eigenvalue weighted by Gasteiger charge is -2.10. The number of benzene rings is 8. The van der Waals surface area contributed by atoms with Gasteiger partial charge in [0, 0.05) is 52.1 Å². The van der Waals surface area contributed by atoms with Gasteiger partial charge in [-0.2, -0.15) is 0 Å². The van der Waals surface area contributed by atoms with Crippen LogP contribution in [-0.4, -0.2) is 4.57 Å². The van der Waals surface area contributed by atoms with Gasteiger partial charge in [-0.1, -0.05) is 109 Å². The van der Waals surface area contributed by atoms with E-state index in [-0.39, 0.29) is 0 Å². The lowest BCUT2D eigenvalue weighted by Crippen LogP contribution is -1.93. The second-order valence-electron chi connectivity index (χ2n) is 12.1. The van der Waals surface area contributed by atoms with E-state index in [0.29, 0.717) is 0 Å². The molecule has 11 rings (SSSR count). The van der Waals surface area contributed by atoms with Gasteiger partial charge in [0.05, 0.1) is 15.7 Å². The van der Waals surface area contributed by atoms with E-state index >= 15 is 0 Å². The third-order valence-electron chi connectivity index (χ3n) is 9.72. The van der Waals surface area contributed by atoms with Crippen LogP contribution in [0.1, 0.15) is 0 Å². The van der Waals surface area contributed by atoms with E-state index in [1.807, 2.05) is 22.7 Å². The van der Waals surface area contributed by atoms with E-state index in [9.17, 15) is 0 Å². The molecule has 0 aliphatic carbocycles. The highest BCUT2D eigenvalue weighted by molar-refractivity contribution is 7.28. The van der Waals surface area contributed by atoms with E-state index in [4.69, 9.17) is 0 Å². The minimum Gasteiger partial charge on any atom is -0.308 e. The summed E-state index contributed by atoms with van der Waals surface area (Å²) in [7, 11) is 0. The van der Waals surface area contributed by atoms with Gasteiger partial charge >= 0.3 is 0 Å². The van der Waals surface area contributed by atoms with Crippen LogP contribution in [-0.2, 0) is 0 Å². The van der Waals surface area contributed by atoms with Gasteiger partial charge in [-0.3, -0.25) is 0 Å². The molecular weight excluding hydrogens is 583 g/mol. The van der Waals surface area contributed by atoms with Crippen LogP contribution >= 0.6 is 22.7 Å². The first-order valence-electron chi connectivity index (χ1n) is 15.4. The van der Waals surface area contributed by atoms with Crippen LogP contribution in [0.25, 0.3) is 100 Å². The van der Waals surface area contributed by atoms with Crippen LogP contribution in [0.2, 0.25) is 0 Å². The maximum atomic E-state index is 2.54. The number of para-hydroxylation sites is 1. The molecule has 0 saturated heterocycles. The average molecular weight is 606 g/mol. The van der Waals surface area contributed by atoms with Crippen molar-refractivity contribution >= 4 is 117 Å². The Morgan fingerprint density at radius 1 is 0.378 bits per heavy atom. The highest BCUT2D eigenvalue weighted by Gasteiger charge is 2.22. The van der Waals surface area contributed by atoms with Crippen molar-refractivity contribution in [2.45, 2.75) is 0 Å². The van der Waals surface area contributed by atoms with Crippen molar-refractivity contribution in [3.8, 4) is 5.69 Å². The van der Waals surface area contributed by atoms with Gasteiger partial charge in [-0.15, -0.1) is 22.7 Å². The van der Waals surface area contributed by atoms with Crippen molar-refractivity contribution in [2.24, 2.45) is 0 Å². The zero-order valence-corrected chi connectivity index (χ0v) is 25.7. The molecule has 1 nitrogen and oxygen atoms in total. The van der Waals surface area contributed by atoms with Crippen molar-refractivity contribution in [1.82, 2.24) is 4.57 Å². The van der Waals surface area contributed by atoms with Crippen LogP contribution in [0, 0.1) is 0 Å². The van der Waals surface area contributed by atoms with Gasteiger partial charge in [-0.05, 0) is 62.6 Å². The summed E-state index contributed by atoms with van der Waals surface area (Å²) in [6.07, 6.45) is 0. The second-order valence-corrected chi connectivity index (χ2v) is 14.2. The smallest absolute Gasteiger partial charge is 0.0726 e. The number of thiophene rings is 2. The predicted molar refractivity (Wildman–Crippen MR) is 199 cm³/mol. The molecule has 3 heterocycles. The molecule has 0 bridgehead atoms. The molecule has 0 atom stereocenters. The van der Waals surface area contributed by atoms with Crippen molar-refractivity contribution in [2.75, 3.05) is 0 Å². The Bertz CT molecular complexity index is 3040. The van der Waals surface area contributed by atoms with Gasteiger partial charge in [-0.25, -0.2) is 0 Å². The molecule has 0 saturated carbocycles. The van der Waals surface area contributed by atoms with Crippen molar-refractivity contribution in [3.63, 3.8) is 0 Å². The fraction of sp³-hybridized carbons (Fsp3) is 0. The molecule has 208 valence electrons. The molecule has 3 aromatic heterocycles. The second kappa shape index (κ2) is 8.70. The summed E-state index contributed by atoms with van der Waals surface area (Å²) >= 11 is 3.85. The summed E-state index contributed by atoms with van der Waals surface area (Å²) in [6.45, 7) is 0. The van der Waals surface area contributed by atoms with Crippen molar-refractivity contribution < 1.29 is 0 Å². The fourth-order valence-electron chi connectivity index (χ4n) is 7.76. The summed E-state index contributed by atoms with van der Waals surface area (Å²) < 4.78 is 7.92. The zero-order valence-electron chi connectivity index (χ0n) is 24.0. The highest BCUT2D eigenvalue weighted by atomic mass is 32.1. The summed E-state index contributed by atoms with van der Waals surface area (Å²) in [6, 6.07) is 51.9. The molecule has 0 unspecified atom stereocenters. The number of hydrogen-bond acceptors (Lipinski definition) is 2. The van der Waals surface area contributed by atoms with Crippen LogP contribution in [0.5, 0.6) is 0 Å². The molecule has 45 heavy (non-hydrogen) atoms. The maximum Gasteiger partial charge on any atom is 0.0726 e. The van der Waals surface area contributed by atoms with Crippen LogP contribution in [0.4, 0.5) is 0 Å². The summed E-state index contributed by atoms with van der Waals surface area (Å²) in [4.78, 5) is 0. The minimum absolute atomic E-state index is 1.21. The Kier molecular flexibility index (Phi) is 4.67. The van der Waals surface area contributed by atoms with Gasteiger partial charge in [0.15, 0.2) is 0 Å². The normalized spacial score (nSPS) is 12.4. The Morgan fingerprint density at radius 2 is 1.02 bits per heavy atom. The number of fused-ring (bicyclic) bond motifs is 16. The largest absolute Gasteiger partial charge is 0.308 e. The zero-order chi connectivity index (χ0) is 29.2. The van der Waals surface area contributed by atoms with Crippen LogP contribution in [0.3, 0.4) is 0 Å². The molecular formula is C42H23NS2. The lowest BCUT2D eigenvalue weighted by molar-refractivity contribution is 1.20. The quantitative estimate of drug-likeness (QED) is 0.175. The average Bonchev–Trinajstić information content (AvgIpc) is 3.77. The van der Waals surface area contributed by atoms with E-state index in [1.165, 1.54) is 100 Å². The van der Waals surface area contributed by atoms with Crippen molar-refractivity contribution in [1.29, 1.82) is 0 Å². The number of rotatable bonds is 1. The Balaban J connectivity index is 1.32. The SMILES string of the molecule is c1ccc2cc3c(cc2c1)sc1cc(-n2c4ccccc4c4c5ccccc5c5c6ccc7ccccc7c6sc5c42)ccc13. The molecule has 0 radical (unpaired) electrons. The first-order valence-corrected chi connectivity index (χ1v) is 17.0. The molecule has 0 aliphatic rings. The molecule has 0 N–H and O–H groups in total. The predicted octanol–water partition coefficient (Wildman–Crippen LogP) is 13.0. The monoisotopic (exact) mass is 605 g/mol. The summed E-state index contributed by atoms with van der Waals surface area (Å²) in [5.74, 6) is 0. The molecule has 0 spiro atoms. The Hall–Kier alpha value is -5.22. The molecule has 11 aromatic rings. The third-order valence-corrected chi connectivity index (χ3v) is 12.1. The number of hydrogen-bond donors (Lipinski definition) is 0. The molecule has 0 amide bonds. The molecule has 3 heteroatoms. The molecule has 8 aromatic carbocycles. The van der Waals surface area contributed by atoms with Crippen molar-refractivity contribution in [3.05, 3.63) is 140 Å². The number of nitrogens with zero attached hydrogens (tertiary/aromatic N) is 1. The number of aromatic nitrogens is 1. The standard InChI is InChI=1S/C42H23NS2/c1-2-11-26-22-36-34(21-25(26)10-1)29-20-18-27(23-37(29)44-36)43-35-16-8-7-15-32(35)38-30-13-5-6-14-31(30)39-33-19-17-24-9-3-4-12-28(24)41(33)45-42(39)40(38)43/h1-23H. The topological polar surface area (TPSA) is 4.93 Å². The maximum absolute atomic E-state index is 2.54. The van der Waals surface area contributed by atoms with Gasteiger partial charge in [0.2, 0.25) is 0 Å². The third kappa shape index (κ3) is 3.16. The molecule has 0 fully saturated rings. The summed E-state index contributed by atoms with van der Waals surface area (Å²) in [5.41, 5.74) is 3.77. The van der Waals surface area contributed by atoms with Gasteiger partial charge in [0.25, 0.3) is 0 Å². The first-order chi connectivity index (χ1) is 22.3. The van der Waals surface area contributed by atoms with E-state index in [1.54, 1.807) is 0 Å². The lowest BCUT2D eigenvalue weighted by atomic mass is 9.98. The van der Waals surface area contributed by atoms with Gasteiger partial charge < -0.3 is 4.57 Å². The van der Waals surface area contributed by atoms with Gasteiger partial charge in [0.1, 0.15) is 0 Å². The van der Waals surface area contributed by atoms with E-state index in [2.05, 4.69) is 144 Å². The van der Waals surface area contributed by atoms with E-state index in [0.717, 1.165) is 0 Å². The molecule has 0 aliphatic heterocycles. The van der Waals surface area contributed by atoms with Crippen LogP contribution < -0.4 is 0 Å². The van der Waals surface area contributed by atoms with E-state index < -0.39 is 0 Å². The summed E-state index contributed by atoms with van der Waals surface area (Å²) in [5, 5.41) is 15.9. The minimum atomic E-state index is 1.21.